The van der Waals surface area contributed by atoms with Crippen LogP contribution in [0.1, 0.15) is 12.0 Å². The number of hydrogen-bond donors (Lipinski definition) is 0. The topological polar surface area (TPSA) is 36.3 Å². The summed E-state index contributed by atoms with van der Waals surface area (Å²) in [4.78, 5) is 4.32. The van der Waals surface area contributed by atoms with Gasteiger partial charge in [0.25, 0.3) is 5.92 Å². The number of hydrogen-bond acceptors (Lipinski definition) is 3. The van der Waals surface area contributed by atoms with Crippen molar-refractivity contribution >= 4 is 0 Å². The molecular weight excluding hydrogens is 290 g/mol. The number of imidazole rings is 1. The van der Waals surface area contributed by atoms with Gasteiger partial charge in [0.05, 0.1) is 19.8 Å². The molecule has 0 radical (unpaired) electrons. The molecule has 0 N–H and O–H groups in total. The number of benzene rings is 1. The number of aromatic nitrogens is 2. The van der Waals surface area contributed by atoms with Crippen molar-refractivity contribution in [1.29, 1.82) is 0 Å². The van der Waals surface area contributed by atoms with Crippen LogP contribution in [0.4, 0.5) is 8.78 Å². The van der Waals surface area contributed by atoms with Crippen LogP contribution in [0.15, 0.2) is 24.5 Å². The molecule has 1 saturated carbocycles. The molecule has 1 aliphatic rings. The Balaban J connectivity index is 2.01. The van der Waals surface area contributed by atoms with Crippen molar-refractivity contribution in [1.82, 2.24) is 9.55 Å². The SMILES string of the molecule is COc1cc(C)cc(-c2nccn2CC2CC2(F)F)c1OC. The molecule has 1 aromatic carbocycles. The lowest BCUT2D eigenvalue weighted by Crippen LogP contribution is -2.07. The number of nitrogens with zero attached hydrogens (tertiary/aromatic N) is 2. The standard InChI is InChI=1S/C16H18F2N2O2/c1-10-6-12(14(22-3)13(7-10)21-2)15-19-4-5-20(15)9-11-8-16(11,17)18/h4-7,11H,8-9H2,1-3H3. The maximum atomic E-state index is 13.2. The Bertz CT molecular complexity index is 697. The van der Waals surface area contributed by atoms with Crippen molar-refractivity contribution < 1.29 is 18.3 Å². The predicted molar refractivity (Wildman–Crippen MR) is 78.6 cm³/mol. The van der Waals surface area contributed by atoms with Gasteiger partial charge in [-0.25, -0.2) is 13.8 Å². The van der Waals surface area contributed by atoms with E-state index >= 15 is 0 Å². The fourth-order valence-electron chi connectivity index (χ4n) is 2.67. The normalized spacial score (nSPS) is 19.0. The lowest BCUT2D eigenvalue weighted by Gasteiger charge is -2.15. The minimum atomic E-state index is -2.55. The Morgan fingerprint density at radius 2 is 2.05 bits per heavy atom. The highest BCUT2D eigenvalue weighted by atomic mass is 19.3. The van der Waals surface area contributed by atoms with Gasteiger partial charge in [-0.3, -0.25) is 0 Å². The summed E-state index contributed by atoms with van der Waals surface area (Å²) in [5.41, 5.74) is 1.73. The van der Waals surface area contributed by atoms with Crippen molar-refractivity contribution in [2.24, 2.45) is 5.92 Å². The van der Waals surface area contributed by atoms with E-state index in [1.807, 2.05) is 19.1 Å². The molecule has 0 bridgehead atoms. The first-order valence-electron chi connectivity index (χ1n) is 7.08. The summed E-state index contributed by atoms with van der Waals surface area (Å²) in [5, 5.41) is 0. The Morgan fingerprint density at radius 3 is 2.64 bits per heavy atom. The molecule has 1 aliphatic carbocycles. The highest BCUT2D eigenvalue weighted by molar-refractivity contribution is 5.70. The lowest BCUT2D eigenvalue weighted by atomic mass is 10.1. The van der Waals surface area contributed by atoms with Crippen LogP contribution < -0.4 is 9.47 Å². The first-order chi connectivity index (χ1) is 10.5. The molecule has 0 spiro atoms. The van der Waals surface area contributed by atoms with Gasteiger partial charge in [-0.1, -0.05) is 0 Å². The largest absolute Gasteiger partial charge is 0.493 e. The Kier molecular flexibility index (Phi) is 3.54. The maximum Gasteiger partial charge on any atom is 0.253 e. The van der Waals surface area contributed by atoms with E-state index in [1.54, 1.807) is 31.2 Å². The molecule has 3 rings (SSSR count). The highest BCUT2D eigenvalue weighted by Gasteiger charge is 2.56. The zero-order chi connectivity index (χ0) is 15.9. The highest BCUT2D eigenvalue weighted by Crippen LogP contribution is 2.50. The number of alkyl halides is 2. The second-order valence-corrected chi connectivity index (χ2v) is 5.61. The summed E-state index contributed by atoms with van der Waals surface area (Å²) in [6.07, 6.45) is 3.28. The van der Waals surface area contributed by atoms with Crippen LogP contribution in [-0.2, 0) is 6.54 Å². The van der Waals surface area contributed by atoms with E-state index in [9.17, 15) is 8.78 Å². The molecule has 0 amide bonds. The molecule has 1 aromatic heterocycles. The smallest absolute Gasteiger partial charge is 0.253 e. The maximum absolute atomic E-state index is 13.2. The molecule has 4 nitrogen and oxygen atoms in total. The van der Waals surface area contributed by atoms with Crippen LogP contribution in [0.3, 0.4) is 0 Å². The molecule has 1 unspecified atom stereocenters. The number of methoxy groups -OCH3 is 2. The second-order valence-electron chi connectivity index (χ2n) is 5.61. The minimum absolute atomic E-state index is 0.0567. The van der Waals surface area contributed by atoms with Gasteiger partial charge in [-0.05, 0) is 24.6 Å². The van der Waals surface area contributed by atoms with Gasteiger partial charge in [0.15, 0.2) is 11.5 Å². The summed E-state index contributed by atoms with van der Waals surface area (Å²) < 4.78 is 38.9. The summed E-state index contributed by atoms with van der Waals surface area (Å²) in [7, 11) is 3.12. The summed E-state index contributed by atoms with van der Waals surface area (Å²) in [6.45, 7) is 2.19. The molecule has 22 heavy (non-hydrogen) atoms. The van der Waals surface area contributed by atoms with Crippen molar-refractivity contribution in [2.45, 2.75) is 25.8 Å². The fourth-order valence-corrected chi connectivity index (χ4v) is 2.67. The van der Waals surface area contributed by atoms with Crippen molar-refractivity contribution in [3.05, 3.63) is 30.1 Å². The van der Waals surface area contributed by atoms with Crippen LogP contribution in [0.2, 0.25) is 0 Å². The van der Waals surface area contributed by atoms with E-state index in [0.717, 1.165) is 11.1 Å². The monoisotopic (exact) mass is 308 g/mol. The van der Waals surface area contributed by atoms with Crippen LogP contribution in [0.5, 0.6) is 11.5 Å². The summed E-state index contributed by atoms with van der Waals surface area (Å²) >= 11 is 0. The molecule has 0 aliphatic heterocycles. The van der Waals surface area contributed by atoms with Crippen molar-refractivity contribution in [2.75, 3.05) is 14.2 Å². The second kappa shape index (κ2) is 5.26. The van der Waals surface area contributed by atoms with Gasteiger partial charge < -0.3 is 14.0 Å². The molecular formula is C16H18F2N2O2. The van der Waals surface area contributed by atoms with E-state index in [4.69, 9.17) is 9.47 Å². The average molecular weight is 308 g/mol. The predicted octanol–water partition coefficient (Wildman–Crippen LogP) is 3.53. The quantitative estimate of drug-likeness (QED) is 0.848. The molecule has 118 valence electrons. The molecule has 1 fully saturated rings. The van der Waals surface area contributed by atoms with E-state index < -0.39 is 11.8 Å². The number of aryl methyl sites for hydroxylation is 1. The Morgan fingerprint density at radius 1 is 1.32 bits per heavy atom. The number of rotatable bonds is 5. The average Bonchev–Trinajstić information content (AvgIpc) is 2.87. The van der Waals surface area contributed by atoms with Gasteiger partial charge in [0.1, 0.15) is 5.82 Å². The van der Waals surface area contributed by atoms with E-state index in [-0.39, 0.29) is 13.0 Å². The molecule has 1 heterocycles. The molecule has 0 saturated heterocycles. The zero-order valence-electron chi connectivity index (χ0n) is 12.8. The summed E-state index contributed by atoms with van der Waals surface area (Å²) in [5.74, 6) is -1.39. The van der Waals surface area contributed by atoms with E-state index in [2.05, 4.69) is 4.98 Å². The Labute approximate surface area is 127 Å². The third-order valence-corrected chi connectivity index (χ3v) is 3.95. The minimum Gasteiger partial charge on any atom is -0.493 e. The van der Waals surface area contributed by atoms with Gasteiger partial charge in [0, 0.05) is 31.3 Å². The van der Waals surface area contributed by atoms with Gasteiger partial charge >= 0.3 is 0 Å². The van der Waals surface area contributed by atoms with E-state index in [1.165, 1.54) is 0 Å². The van der Waals surface area contributed by atoms with Crippen LogP contribution in [-0.4, -0.2) is 29.7 Å². The van der Waals surface area contributed by atoms with Crippen molar-refractivity contribution in [3.8, 4) is 22.9 Å². The third kappa shape index (κ3) is 2.53. The fraction of sp³-hybridized carbons (Fsp3) is 0.438. The molecule has 1 atom stereocenters. The summed E-state index contributed by atoms with van der Waals surface area (Å²) in [6, 6.07) is 3.79. The van der Waals surface area contributed by atoms with Gasteiger partial charge in [0.2, 0.25) is 0 Å². The van der Waals surface area contributed by atoms with Gasteiger partial charge in [-0.2, -0.15) is 0 Å². The molecule has 6 heteroatoms. The van der Waals surface area contributed by atoms with Crippen LogP contribution in [0.25, 0.3) is 11.4 Å². The van der Waals surface area contributed by atoms with Crippen molar-refractivity contribution in [3.63, 3.8) is 0 Å². The third-order valence-electron chi connectivity index (χ3n) is 3.95. The first-order valence-corrected chi connectivity index (χ1v) is 7.08. The zero-order valence-corrected chi connectivity index (χ0v) is 12.8. The first kappa shape index (κ1) is 14.8. The van der Waals surface area contributed by atoms with Crippen LogP contribution in [0, 0.1) is 12.8 Å². The van der Waals surface area contributed by atoms with Gasteiger partial charge in [-0.15, -0.1) is 0 Å². The van der Waals surface area contributed by atoms with Crippen LogP contribution >= 0.6 is 0 Å². The number of halogens is 2. The Hall–Kier alpha value is -2.11. The molecule has 2 aromatic rings. The number of ether oxygens (including phenoxy) is 2. The lowest BCUT2D eigenvalue weighted by molar-refractivity contribution is 0.0952. The van der Waals surface area contributed by atoms with E-state index in [0.29, 0.717) is 17.3 Å².